The van der Waals surface area contributed by atoms with Crippen molar-refractivity contribution in [1.82, 2.24) is 19.4 Å². The van der Waals surface area contributed by atoms with Crippen LogP contribution >= 0.6 is 0 Å². The van der Waals surface area contributed by atoms with Crippen LogP contribution in [0, 0.1) is 5.92 Å². The molecule has 2 amide bonds. The molecule has 3 heterocycles. The van der Waals surface area contributed by atoms with Crippen molar-refractivity contribution >= 4 is 11.8 Å². The Morgan fingerprint density at radius 2 is 1.93 bits per heavy atom. The minimum atomic E-state index is -0.0164. The molecule has 0 saturated carbocycles. The number of imidazole rings is 1. The van der Waals surface area contributed by atoms with Crippen LogP contribution < -0.4 is 0 Å². The molecule has 1 unspecified atom stereocenters. The molecule has 0 aliphatic carbocycles. The van der Waals surface area contributed by atoms with E-state index < -0.39 is 0 Å². The van der Waals surface area contributed by atoms with Crippen LogP contribution in [-0.2, 0) is 16.1 Å². The van der Waals surface area contributed by atoms with Gasteiger partial charge in [-0.1, -0.05) is 20.3 Å². The molecule has 6 heteroatoms. The molecule has 0 N–H and O–H groups in total. The molecule has 6 nitrogen and oxygen atoms in total. The number of rotatable bonds is 7. The van der Waals surface area contributed by atoms with Crippen molar-refractivity contribution < 1.29 is 9.59 Å². The van der Waals surface area contributed by atoms with E-state index in [1.54, 1.807) is 0 Å². The quantitative estimate of drug-likeness (QED) is 0.737. The van der Waals surface area contributed by atoms with Crippen molar-refractivity contribution in [3.63, 3.8) is 0 Å². The average Bonchev–Trinajstić information content (AvgIpc) is 3.16. The molecular formula is C21H34N4O2. The predicted molar refractivity (Wildman–Crippen MR) is 105 cm³/mol. The summed E-state index contributed by atoms with van der Waals surface area (Å²) >= 11 is 0. The van der Waals surface area contributed by atoms with E-state index in [1.165, 1.54) is 18.7 Å². The molecule has 1 aromatic rings. The van der Waals surface area contributed by atoms with Gasteiger partial charge in [0.15, 0.2) is 0 Å². The van der Waals surface area contributed by atoms with Crippen molar-refractivity contribution in [2.45, 2.75) is 71.3 Å². The molecule has 0 radical (unpaired) electrons. The predicted octanol–water partition coefficient (Wildman–Crippen LogP) is 3.04. The maximum absolute atomic E-state index is 13.0. The third-order valence-corrected chi connectivity index (χ3v) is 6.01. The summed E-state index contributed by atoms with van der Waals surface area (Å²) in [5.74, 6) is 2.07. The first-order chi connectivity index (χ1) is 13.1. The largest absolute Gasteiger partial charge is 0.342 e. The molecule has 0 bridgehead atoms. The maximum atomic E-state index is 13.0. The van der Waals surface area contributed by atoms with Gasteiger partial charge in [-0.15, -0.1) is 0 Å². The number of aromatic nitrogens is 2. The molecule has 0 aromatic carbocycles. The number of piperidine rings is 2. The lowest BCUT2D eigenvalue weighted by Gasteiger charge is -2.37. The Morgan fingerprint density at radius 3 is 2.63 bits per heavy atom. The fraction of sp³-hybridized carbons (Fsp3) is 0.762. The second-order valence-electron chi connectivity index (χ2n) is 8.01. The number of nitrogens with zero attached hydrogens (tertiary/aromatic N) is 4. The van der Waals surface area contributed by atoms with Crippen LogP contribution in [0.15, 0.2) is 12.4 Å². The molecule has 2 fully saturated rings. The van der Waals surface area contributed by atoms with Crippen molar-refractivity contribution in [3.8, 4) is 0 Å². The molecule has 150 valence electrons. The minimum Gasteiger partial charge on any atom is -0.342 e. The molecule has 3 rings (SSSR count). The minimum absolute atomic E-state index is 0.0164. The highest BCUT2D eigenvalue weighted by Gasteiger charge is 2.34. The molecule has 0 spiro atoms. The van der Waals surface area contributed by atoms with E-state index >= 15 is 0 Å². The summed E-state index contributed by atoms with van der Waals surface area (Å²) in [6, 6.07) is 0. The number of amides is 2. The highest BCUT2D eigenvalue weighted by molar-refractivity contribution is 5.84. The number of hydrogen-bond donors (Lipinski definition) is 0. The van der Waals surface area contributed by atoms with Gasteiger partial charge in [-0.25, -0.2) is 4.98 Å². The van der Waals surface area contributed by atoms with Crippen LogP contribution in [0.3, 0.4) is 0 Å². The zero-order chi connectivity index (χ0) is 19.2. The Hall–Kier alpha value is -1.85. The molecule has 2 aliphatic rings. The Morgan fingerprint density at radius 1 is 1.15 bits per heavy atom. The summed E-state index contributed by atoms with van der Waals surface area (Å²) in [4.78, 5) is 33.5. The third kappa shape index (κ3) is 4.71. The summed E-state index contributed by atoms with van der Waals surface area (Å²) in [5.41, 5.74) is 0. The van der Waals surface area contributed by atoms with E-state index in [0.717, 1.165) is 45.4 Å². The highest BCUT2D eigenvalue weighted by Crippen LogP contribution is 2.29. The van der Waals surface area contributed by atoms with Crippen molar-refractivity contribution in [1.29, 1.82) is 0 Å². The van der Waals surface area contributed by atoms with Gasteiger partial charge >= 0.3 is 0 Å². The number of unbranched alkanes of at least 4 members (excludes halogenated alkanes) is 1. The first-order valence-electron chi connectivity index (χ1n) is 10.7. The monoisotopic (exact) mass is 374 g/mol. The number of aryl methyl sites for hydroxylation is 1. The molecular weight excluding hydrogens is 340 g/mol. The molecule has 2 saturated heterocycles. The standard InChI is InChI=1S/C21H34N4O2/c1-3-5-12-23-15-10-22-20(23)17-8-13-24(14-9-17)21(27)18-6-7-19(26)25(16-18)11-4-2/h10,15,17-18H,3-9,11-14,16H2,1-2H3. The van der Waals surface area contributed by atoms with E-state index in [-0.39, 0.29) is 17.7 Å². The number of hydrogen-bond acceptors (Lipinski definition) is 3. The van der Waals surface area contributed by atoms with Crippen molar-refractivity contribution in [3.05, 3.63) is 18.2 Å². The van der Waals surface area contributed by atoms with Gasteiger partial charge in [-0.05, 0) is 32.1 Å². The summed E-state index contributed by atoms with van der Waals surface area (Å²) in [6.07, 6.45) is 10.5. The zero-order valence-electron chi connectivity index (χ0n) is 16.9. The van der Waals surface area contributed by atoms with Gasteiger partial charge < -0.3 is 14.4 Å². The molecule has 1 atom stereocenters. The molecule has 1 aromatic heterocycles. The van der Waals surface area contributed by atoms with E-state index in [0.29, 0.717) is 25.3 Å². The Kier molecular flexibility index (Phi) is 6.91. The normalized spacial score (nSPS) is 21.7. The lowest BCUT2D eigenvalue weighted by molar-refractivity contribution is -0.143. The van der Waals surface area contributed by atoms with Crippen molar-refractivity contribution in [2.24, 2.45) is 5.92 Å². The SMILES string of the molecule is CCCCn1ccnc1C1CCN(C(=O)C2CCC(=O)N(CCC)C2)CC1. The number of carbonyl (C=O) groups excluding carboxylic acids is 2. The van der Waals surface area contributed by atoms with E-state index in [4.69, 9.17) is 0 Å². The van der Waals surface area contributed by atoms with Gasteiger partial charge in [-0.2, -0.15) is 0 Å². The lowest BCUT2D eigenvalue weighted by atomic mass is 9.92. The second-order valence-corrected chi connectivity index (χ2v) is 8.01. The Balaban J connectivity index is 1.54. The van der Waals surface area contributed by atoms with Gasteiger partial charge in [0.05, 0.1) is 5.92 Å². The third-order valence-electron chi connectivity index (χ3n) is 6.01. The molecule has 27 heavy (non-hydrogen) atoms. The van der Waals surface area contributed by atoms with Gasteiger partial charge in [0.25, 0.3) is 0 Å². The molecule has 2 aliphatic heterocycles. The fourth-order valence-electron chi connectivity index (χ4n) is 4.42. The van der Waals surface area contributed by atoms with Crippen molar-refractivity contribution in [2.75, 3.05) is 26.2 Å². The summed E-state index contributed by atoms with van der Waals surface area (Å²) in [7, 11) is 0. The zero-order valence-corrected chi connectivity index (χ0v) is 16.9. The number of carbonyl (C=O) groups is 2. The van der Waals surface area contributed by atoms with E-state index in [1.807, 2.05) is 16.0 Å². The smallest absolute Gasteiger partial charge is 0.227 e. The number of likely N-dealkylation sites (tertiary alicyclic amines) is 2. The van der Waals surface area contributed by atoms with Gasteiger partial charge in [-0.3, -0.25) is 9.59 Å². The maximum Gasteiger partial charge on any atom is 0.227 e. The van der Waals surface area contributed by atoms with Crippen LogP contribution in [0.2, 0.25) is 0 Å². The van der Waals surface area contributed by atoms with E-state index in [9.17, 15) is 9.59 Å². The van der Waals surface area contributed by atoms with Crippen LogP contribution in [0.1, 0.15) is 70.5 Å². The summed E-state index contributed by atoms with van der Waals surface area (Å²) in [6.45, 7) is 8.31. The van der Waals surface area contributed by atoms with Crippen LogP contribution in [0.4, 0.5) is 0 Å². The fourth-order valence-corrected chi connectivity index (χ4v) is 4.42. The lowest BCUT2D eigenvalue weighted by Crippen LogP contribution is -2.48. The van der Waals surface area contributed by atoms with Gasteiger partial charge in [0, 0.05) is 57.5 Å². The summed E-state index contributed by atoms with van der Waals surface area (Å²) in [5, 5.41) is 0. The van der Waals surface area contributed by atoms with E-state index in [2.05, 4.69) is 29.6 Å². The summed E-state index contributed by atoms with van der Waals surface area (Å²) < 4.78 is 2.29. The highest BCUT2D eigenvalue weighted by atomic mass is 16.2. The Labute approximate surface area is 162 Å². The van der Waals surface area contributed by atoms with Crippen LogP contribution in [0.5, 0.6) is 0 Å². The average molecular weight is 375 g/mol. The Bertz CT molecular complexity index is 634. The van der Waals surface area contributed by atoms with Gasteiger partial charge in [0.1, 0.15) is 5.82 Å². The van der Waals surface area contributed by atoms with Crippen LogP contribution in [0.25, 0.3) is 0 Å². The van der Waals surface area contributed by atoms with Crippen LogP contribution in [-0.4, -0.2) is 57.3 Å². The van der Waals surface area contributed by atoms with Gasteiger partial charge in [0.2, 0.25) is 11.8 Å². The topological polar surface area (TPSA) is 58.4 Å². The first-order valence-corrected chi connectivity index (χ1v) is 10.7. The second kappa shape index (κ2) is 9.38. The first kappa shape index (κ1) is 19.9.